The first kappa shape index (κ1) is 17.1. The van der Waals surface area contributed by atoms with Crippen molar-refractivity contribution in [2.75, 3.05) is 25.5 Å². The van der Waals surface area contributed by atoms with Gasteiger partial charge in [0.1, 0.15) is 5.82 Å². The van der Waals surface area contributed by atoms with Gasteiger partial charge in [0.05, 0.1) is 18.8 Å². The van der Waals surface area contributed by atoms with Crippen LogP contribution in [0.4, 0.5) is 10.1 Å². The molecule has 0 aliphatic carbocycles. The fourth-order valence-electron chi connectivity index (χ4n) is 1.83. The van der Waals surface area contributed by atoms with Gasteiger partial charge < -0.3 is 10.6 Å². The van der Waals surface area contributed by atoms with E-state index >= 15 is 0 Å². The molecule has 1 rings (SSSR count). The van der Waals surface area contributed by atoms with Crippen LogP contribution in [0, 0.1) is 12.7 Å². The quantitative estimate of drug-likeness (QED) is 0.836. The summed E-state index contributed by atoms with van der Waals surface area (Å²) >= 11 is 0. The van der Waals surface area contributed by atoms with Crippen LogP contribution in [0.5, 0.6) is 0 Å². The summed E-state index contributed by atoms with van der Waals surface area (Å²) in [5.74, 6) is -0.983. The molecule has 0 saturated carbocycles. The molecule has 0 atom stereocenters. The third-order valence-corrected chi connectivity index (χ3v) is 2.68. The summed E-state index contributed by atoms with van der Waals surface area (Å²) in [4.78, 5) is 24.9. The number of halogens is 1. The molecule has 0 aromatic heterocycles. The van der Waals surface area contributed by atoms with Crippen LogP contribution in [0.2, 0.25) is 0 Å². The number of carbonyl (C=O) groups is 2. The van der Waals surface area contributed by atoms with Crippen LogP contribution < -0.4 is 10.6 Å². The highest BCUT2D eigenvalue weighted by atomic mass is 19.1. The maximum Gasteiger partial charge on any atom is 0.238 e. The predicted octanol–water partition coefficient (Wildman–Crippen LogP) is 1.53. The van der Waals surface area contributed by atoms with E-state index in [0.29, 0.717) is 0 Å². The lowest BCUT2D eigenvalue weighted by molar-refractivity contribution is -0.123. The van der Waals surface area contributed by atoms with Gasteiger partial charge in [0, 0.05) is 6.04 Å². The first-order chi connectivity index (χ1) is 9.77. The molecule has 21 heavy (non-hydrogen) atoms. The molecule has 116 valence electrons. The van der Waals surface area contributed by atoms with Gasteiger partial charge in [0.2, 0.25) is 11.8 Å². The zero-order valence-electron chi connectivity index (χ0n) is 12.9. The van der Waals surface area contributed by atoms with Crippen molar-refractivity contribution in [2.24, 2.45) is 0 Å². The minimum absolute atomic E-state index is 0.0127. The standard InChI is InChI=1S/C15H22FN3O2/c1-10(2)17-14(20)8-19(4)9-15(21)18-13-6-5-11(3)7-12(13)16/h5-7,10H,8-9H2,1-4H3,(H,17,20)(H,18,21). The molecule has 6 heteroatoms. The predicted molar refractivity (Wildman–Crippen MR) is 80.5 cm³/mol. The Morgan fingerprint density at radius 1 is 1.24 bits per heavy atom. The summed E-state index contributed by atoms with van der Waals surface area (Å²) in [5.41, 5.74) is 0.929. The summed E-state index contributed by atoms with van der Waals surface area (Å²) in [6.07, 6.45) is 0. The summed E-state index contributed by atoms with van der Waals surface area (Å²) in [7, 11) is 1.66. The van der Waals surface area contributed by atoms with Crippen LogP contribution in [0.25, 0.3) is 0 Å². The zero-order valence-corrected chi connectivity index (χ0v) is 12.9. The van der Waals surface area contributed by atoms with E-state index in [4.69, 9.17) is 0 Å². The highest BCUT2D eigenvalue weighted by Crippen LogP contribution is 2.14. The largest absolute Gasteiger partial charge is 0.353 e. The summed E-state index contributed by atoms with van der Waals surface area (Å²) in [6.45, 7) is 5.63. The normalized spacial score (nSPS) is 10.8. The third-order valence-electron chi connectivity index (χ3n) is 2.68. The maximum absolute atomic E-state index is 13.6. The number of amides is 2. The molecule has 0 aliphatic rings. The van der Waals surface area contributed by atoms with Gasteiger partial charge >= 0.3 is 0 Å². The first-order valence-corrected chi connectivity index (χ1v) is 6.82. The number of anilines is 1. The Morgan fingerprint density at radius 3 is 2.43 bits per heavy atom. The van der Waals surface area contributed by atoms with Crippen molar-refractivity contribution >= 4 is 17.5 Å². The number of aryl methyl sites for hydroxylation is 1. The van der Waals surface area contributed by atoms with E-state index in [2.05, 4.69) is 10.6 Å². The van der Waals surface area contributed by atoms with Crippen molar-refractivity contribution in [3.8, 4) is 0 Å². The Labute approximate surface area is 124 Å². The number of rotatable bonds is 6. The molecule has 0 radical (unpaired) electrons. The molecule has 1 aromatic rings. The molecular weight excluding hydrogens is 273 g/mol. The Hall–Kier alpha value is -1.95. The smallest absolute Gasteiger partial charge is 0.238 e. The minimum atomic E-state index is -0.469. The van der Waals surface area contributed by atoms with E-state index in [0.717, 1.165) is 5.56 Å². The van der Waals surface area contributed by atoms with Crippen molar-refractivity contribution in [3.63, 3.8) is 0 Å². The molecule has 1 aromatic carbocycles. The molecule has 0 unspecified atom stereocenters. The Bertz CT molecular complexity index is 518. The third kappa shape index (κ3) is 6.35. The van der Waals surface area contributed by atoms with Gasteiger partial charge in [-0.15, -0.1) is 0 Å². The highest BCUT2D eigenvalue weighted by Gasteiger charge is 2.12. The monoisotopic (exact) mass is 295 g/mol. The van der Waals surface area contributed by atoms with Crippen molar-refractivity contribution in [1.29, 1.82) is 0 Å². The molecule has 2 amide bonds. The number of benzene rings is 1. The Balaban J connectivity index is 2.47. The fourth-order valence-corrected chi connectivity index (χ4v) is 1.83. The average molecular weight is 295 g/mol. The van der Waals surface area contributed by atoms with Crippen molar-refractivity contribution < 1.29 is 14.0 Å². The van der Waals surface area contributed by atoms with Gasteiger partial charge in [-0.2, -0.15) is 0 Å². The van der Waals surface area contributed by atoms with E-state index in [9.17, 15) is 14.0 Å². The van der Waals surface area contributed by atoms with Crippen LogP contribution in [0.1, 0.15) is 19.4 Å². The molecule has 0 heterocycles. The van der Waals surface area contributed by atoms with Crippen LogP contribution in [-0.4, -0.2) is 42.9 Å². The molecule has 5 nitrogen and oxygen atoms in total. The second-order valence-electron chi connectivity index (χ2n) is 5.43. The van der Waals surface area contributed by atoms with E-state index in [1.54, 1.807) is 24.9 Å². The zero-order chi connectivity index (χ0) is 16.0. The Kier molecular flexibility index (Phi) is 6.30. The molecule has 2 N–H and O–H groups in total. The van der Waals surface area contributed by atoms with Gasteiger partial charge in [0.15, 0.2) is 0 Å². The van der Waals surface area contributed by atoms with Crippen LogP contribution in [-0.2, 0) is 9.59 Å². The van der Waals surface area contributed by atoms with Gasteiger partial charge in [-0.25, -0.2) is 4.39 Å². The maximum atomic E-state index is 13.6. The molecule has 0 spiro atoms. The van der Waals surface area contributed by atoms with Crippen LogP contribution in [0.3, 0.4) is 0 Å². The average Bonchev–Trinajstić information content (AvgIpc) is 2.31. The molecular formula is C15H22FN3O2. The van der Waals surface area contributed by atoms with Gasteiger partial charge in [0.25, 0.3) is 0 Å². The van der Waals surface area contributed by atoms with Gasteiger partial charge in [-0.05, 0) is 45.5 Å². The summed E-state index contributed by atoms with van der Waals surface area (Å²) < 4.78 is 13.6. The molecule has 0 aliphatic heterocycles. The van der Waals surface area contributed by atoms with Crippen LogP contribution in [0.15, 0.2) is 18.2 Å². The molecule has 0 fully saturated rings. The number of carbonyl (C=O) groups excluding carboxylic acids is 2. The lowest BCUT2D eigenvalue weighted by Gasteiger charge is -2.17. The lowest BCUT2D eigenvalue weighted by atomic mass is 10.2. The van der Waals surface area contributed by atoms with E-state index in [1.165, 1.54) is 12.1 Å². The number of nitrogens with one attached hydrogen (secondary N) is 2. The minimum Gasteiger partial charge on any atom is -0.353 e. The van der Waals surface area contributed by atoms with Crippen molar-refractivity contribution in [2.45, 2.75) is 26.8 Å². The van der Waals surface area contributed by atoms with Crippen molar-refractivity contribution in [1.82, 2.24) is 10.2 Å². The SMILES string of the molecule is Cc1ccc(NC(=O)CN(C)CC(=O)NC(C)C)c(F)c1. The molecule has 0 saturated heterocycles. The van der Waals surface area contributed by atoms with E-state index < -0.39 is 5.82 Å². The van der Waals surface area contributed by atoms with Crippen molar-refractivity contribution in [3.05, 3.63) is 29.6 Å². The number of nitrogens with zero attached hydrogens (tertiary/aromatic N) is 1. The second kappa shape index (κ2) is 7.73. The number of hydrogen-bond acceptors (Lipinski definition) is 3. The highest BCUT2D eigenvalue weighted by molar-refractivity contribution is 5.92. The van der Waals surface area contributed by atoms with Gasteiger partial charge in [-0.1, -0.05) is 6.07 Å². The summed E-state index contributed by atoms with van der Waals surface area (Å²) in [5, 5.41) is 5.23. The molecule has 0 bridgehead atoms. The van der Waals surface area contributed by atoms with Gasteiger partial charge in [-0.3, -0.25) is 14.5 Å². The van der Waals surface area contributed by atoms with E-state index in [1.807, 2.05) is 13.8 Å². The first-order valence-electron chi connectivity index (χ1n) is 6.82. The fraction of sp³-hybridized carbons (Fsp3) is 0.467. The lowest BCUT2D eigenvalue weighted by Crippen LogP contribution is -2.41. The Morgan fingerprint density at radius 2 is 1.86 bits per heavy atom. The van der Waals surface area contributed by atoms with E-state index in [-0.39, 0.29) is 36.6 Å². The van der Waals surface area contributed by atoms with Crippen LogP contribution >= 0.6 is 0 Å². The topological polar surface area (TPSA) is 61.4 Å². The summed E-state index contributed by atoms with van der Waals surface area (Å²) in [6, 6.07) is 4.66. The number of likely N-dealkylation sites (N-methyl/N-ethyl adjacent to an activating group) is 1. The number of hydrogen-bond donors (Lipinski definition) is 2. The second-order valence-corrected chi connectivity index (χ2v) is 5.43.